The molecule has 0 aliphatic heterocycles. The average molecular weight is 378 g/mol. The van der Waals surface area contributed by atoms with Gasteiger partial charge in [-0.15, -0.1) is 0 Å². The van der Waals surface area contributed by atoms with Crippen molar-refractivity contribution in [2.75, 3.05) is 27.3 Å². The largest absolute Gasteiger partial charge is 0.490 e. The number of nitrogens with zero attached hydrogens (tertiary/aromatic N) is 2. The first-order valence-electron chi connectivity index (χ1n) is 8.77. The van der Waals surface area contributed by atoms with Crippen LogP contribution < -0.4 is 9.47 Å². The van der Waals surface area contributed by atoms with E-state index in [0.717, 1.165) is 5.56 Å². The maximum atomic E-state index is 12.3. The quantitative estimate of drug-likeness (QED) is 0.520. The van der Waals surface area contributed by atoms with Crippen LogP contribution in [0.3, 0.4) is 0 Å². The van der Waals surface area contributed by atoms with Crippen molar-refractivity contribution >= 4 is 17.8 Å². The standard InChI is InChI=1S/C22H22N2O4/c1-4-27-21-13-16(8-12-20(21)28-15-22(26)24(2)3)7-11-19(25)18-9-5-17(14-23)6-10-18/h5-13H,4,15H2,1-3H3. The molecule has 0 bridgehead atoms. The summed E-state index contributed by atoms with van der Waals surface area (Å²) in [7, 11) is 3.32. The predicted molar refractivity (Wildman–Crippen MR) is 106 cm³/mol. The number of carbonyl (C=O) groups is 2. The van der Waals surface area contributed by atoms with Crippen LogP contribution in [-0.2, 0) is 4.79 Å². The summed E-state index contributed by atoms with van der Waals surface area (Å²) in [5, 5.41) is 8.81. The SMILES string of the molecule is CCOc1cc(C=CC(=O)c2ccc(C#N)cc2)ccc1OCC(=O)N(C)C. The lowest BCUT2D eigenvalue weighted by Gasteiger charge is -2.14. The van der Waals surface area contributed by atoms with Gasteiger partial charge in [-0.3, -0.25) is 9.59 Å². The number of ketones is 1. The van der Waals surface area contributed by atoms with Gasteiger partial charge in [0.15, 0.2) is 23.9 Å². The number of ether oxygens (including phenoxy) is 2. The minimum absolute atomic E-state index is 0.0839. The molecule has 28 heavy (non-hydrogen) atoms. The summed E-state index contributed by atoms with van der Waals surface area (Å²) in [6.07, 6.45) is 3.14. The lowest BCUT2D eigenvalue weighted by molar-refractivity contribution is -0.130. The van der Waals surface area contributed by atoms with Crippen molar-refractivity contribution in [3.05, 3.63) is 65.2 Å². The van der Waals surface area contributed by atoms with Crippen LogP contribution in [0.2, 0.25) is 0 Å². The Kier molecular flexibility index (Phi) is 7.35. The van der Waals surface area contributed by atoms with E-state index in [2.05, 4.69) is 0 Å². The molecule has 0 atom stereocenters. The third-order valence-electron chi connectivity index (χ3n) is 3.84. The summed E-state index contributed by atoms with van der Waals surface area (Å²) >= 11 is 0. The van der Waals surface area contributed by atoms with E-state index in [4.69, 9.17) is 14.7 Å². The molecule has 0 radical (unpaired) electrons. The molecule has 2 aromatic carbocycles. The summed E-state index contributed by atoms with van der Waals surface area (Å²) in [5.41, 5.74) is 1.77. The minimum atomic E-state index is -0.167. The fraction of sp³-hybridized carbons (Fsp3) is 0.227. The number of hydrogen-bond donors (Lipinski definition) is 0. The van der Waals surface area contributed by atoms with Crippen LogP contribution in [0.4, 0.5) is 0 Å². The molecule has 0 saturated heterocycles. The first-order valence-corrected chi connectivity index (χ1v) is 8.77. The Morgan fingerprint density at radius 2 is 1.79 bits per heavy atom. The number of carbonyl (C=O) groups excluding carboxylic acids is 2. The van der Waals surface area contributed by atoms with Crippen molar-refractivity contribution in [1.29, 1.82) is 5.26 Å². The van der Waals surface area contributed by atoms with Gasteiger partial charge in [-0.25, -0.2) is 0 Å². The topological polar surface area (TPSA) is 79.6 Å². The van der Waals surface area contributed by atoms with Gasteiger partial charge in [-0.1, -0.05) is 12.1 Å². The van der Waals surface area contributed by atoms with E-state index < -0.39 is 0 Å². The number of amides is 1. The van der Waals surface area contributed by atoms with Crippen LogP contribution in [-0.4, -0.2) is 43.9 Å². The molecule has 0 spiro atoms. The third kappa shape index (κ3) is 5.71. The van der Waals surface area contributed by atoms with Crippen LogP contribution in [0.1, 0.15) is 28.4 Å². The van der Waals surface area contributed by atoms with E-state index in [1.54, 1.807) is 62.6 Å². The van der Waals surface area contributed by atoms with E-state index in [1.165, 1.54) is 11.0 Å². The van der Waals surface area contributed by atoms with Crippen molar-refractivity contribution in [1.82, 2.24) is 4.90 Å². The zero-order valence-corrected chi connectivity index (χ0v) is 16.1. The molecule has 0 N–H and O–H groups in total. The number of rotatable bonds is 8. The average Bonchev–Trinajstić information content (AvgIpc) is 2.71. The van der Waals surface area contributed by atoms with E-state index in [0.29, 0.717) is 29.2 Å². The molecule has 0 heterocycles. The Morgan fingerprint density at radius 1 is 1.07 bits per heavy atom. The van der Waals surface area contributed by atoms with Crippen molar-refractivity contribution in [3.8, 4) is 17.6 Å². The van der Waals surface area contributed by atoms with Crippen LogP contribution >= 0.6 is 0 Å². The zero-order valence-electron chi connectivity index (χ0n) is 16.1. The van der Waals surface area contributed by atoms with E-state index in [-0.39, 0.29) is 18.3 Å². The zero-order chi connectivity index (χ0) is 20.5. The Balaban J connectivity index is 2.13. The second-order valence-electron chi connectivity index (χ2n) is 6.10. The van der Waals surface area contributed by atoms with Crippen molar-refractivity contribution in [2.45, 2.75) is 6.92 Å². The molecule has 1 amide bonds. The molecule has 0 fully saturated rings. The minimum Gasteiger partial charge on any atom is -0.490 e. The van der Waals surface area contributed by atoms with Gasteiger partial charge in [-0.05, 0) is 55.0 Å². The second kappa shape index (κ2) is 9.93. The second-order valence-corrected chi connectivity index (χ2v) is 6.10. The smallest absolute Gasteiger partial charge is 0.259 e. The van der Waals surface area contributed by atoms with Gasteiger partial charge in [0.25, 0.3) is 5.91 Å². The molecular weight excluding hydrogens is 356 g/mol. The number of likely N-dealkylation sites (N-methyl/N-ethyl adjacent to an activating group) is 1. The van der Waals surface area contributed by atoms with Crippen LogP contribution in [0.25, 0.3) is 6.08 Å². The van der Waals surface area contributed by atoms with Crippen LogP contribution in [0, 0.1) is 11.3 Å². The molecule has 6 heteroatoms. The molecule has 0 aliphatic rings. The molecule has 0 aliphatic carbocycles. The number of hydrogen-bond acceptors (Lipinski definition) is 5. The van der Waals surface area contributed by atoms with Gasteiger partial charge < -0.3 is 14.4 Å². The summed E-state index contributed by atoms with van der Waals surface area (Å²) in [4.78, 5) is 25.4. The normalized spacial score (nSPS) is 10.4. The van der Waals surface area contributed by atoms with Gasteiger partial charge in [0, 0.05) is 19.7 Å². The summed E-state index contributed by atoms with van der Waals surface area (Å²) in [6.45, 7) is 2.21. The maximum absolute atomic E-state index is 12.3. The van der Waals surface area contributed by atoms with E-state index in [1.807, 2.05) is 13.0 Å². The highest BCUT2D eigenvalue weighted by atomic mass is 16.5. The summed E-state index contributed by atoms with van der Waals surface area (Å²) < 4.78 is 11.1. The van der Waals surface area contributed by atoms with Gasteiger partial charge in [0.2, 0.25) is 0 Å². The molecule has 0 aromatic heterocycles. The molecule has 0 unspecified atom stereocenters. The summed E-state index contributed by atoms with van der Waals surface area (Å²) in [6, 6.07) is 13.7. The van der Waals surface area contributed by atoms with Gasteiger partial charge in [0.05, 0.1) is 18.2 Å². The molecular formula is C22H22N2O4. The van der Waals surface area contributed by atoms with Gasteiger partial charge >= 0.3 is 0 Å². The maximum Gasteiger partial charge on any atom is 0.259 e. The number of nitriles is 1. The number of allylic oxidation sites excluding steroid dienone is 1. The lowest BCUT2D eigenvalue weighted by Crippen LogP contribution is -2.27. The monoisotopic (exact) mass is 378 g/mol. The first-order chi connectivity index (χ1) is 13.4. The van der Waals surface area contributed by atoms with Crippen LogP contribution in [0.5, 0.6) is 11.5 Å². The first kappa shape index (κ1) is 20.7. The van der Waals surface area contributed by atoms with E-state index >= 15 is 0 Å². The fourth-order valence-corrected chi connectivity index (χ4v) is 2.26. The highest BCUT2D eigenvalue weighted by Crippen LogP contribution is 2.29. The van der Waals surface area contributed by atoms with Crippen LogP contribution in [0.15, 0.2) is 48.5 Å². The van der Waals surface area contributed by atoms with E-state index in [9.17, 15) is 9.59 Å². The Hall–Kier alpha value is -3.59. The Bertz CT molecular complexity index is 909. The third-order valence-corrected chi connectivity index (χ3v) is 3.84. The van der Waals surface area contributed by atoms with Crippen molar-refractivity contribution < 1.29 is 19.1 Å². The Labute approximate surface area is 164 Å². The molecule has 0 saturated carbocycles. The highest BCUT2D eigenvalue weighted by molar-refractivity contribution is 6.06. The Morgan fingerprint density at radius 3 is 2.39 bits per heavy atom. The van der Waals surface area contributed by atoms with Gasteiger partial charge in [0.1, 0.15) is 0 Å². The molecule has 2 rings (SSSR count). The lowest BCUT2D eigenvalue weighted by atomic mass is 10.1. The molecule has 144 valence electrons. The van der Waals surface area contributed by atoms with Crippen molar-refractivity contribution in [3.63, 3.8) is 0 Å². The molecule has 2 aromatic rings. The van der Waals surface area contributed by atoms with Gasteiger partial charge in [-0.2, -0.15) is 5.26 Å². The molecule has 6 nitrogen and oxygen atoms in total. The highest BCUT2D eigenvalue weighted by Gasteiger charge is 2.10. The fourth-order valence-electron chi connectivity index (χ4n) is 2.26. The number of benzene rings is 2. The summed E-state index contributed by atoms with van der Waals surface area (Å²) in [5.74, 6) is 0.647. The van der Waals surface area contributed by atoms with Crippen molar-refractivity contribution in [2.24, 2.45) is 0 Å². The predicted octanol–water partition coefficient (Wildman–Crippen LogP) is 3.32.